The fourth-order valence-corrected chi connectivity index (χ4v) is 4.83. The zero-order valence-corrected chi connectivity index (χ0v) is 11.7. The van der Waals surface area contributed by atoms with Gasteiger partial charge >= 0.3 is 6.09 Å². The van der Waals surface area contributed by atoms with E-state index >= 15 is 0 Å². The molecule has 0 aromatic carbocycles. The summed E-state index contributed by atoms with van der Waals surface area (Å²) in [6, 6.07) is 0.562. The Labute approximate surface area is 98.0 Å². The van der Waals surface area contributed by atoms with Gasteiger partial charge in [-0.05, 0) is 26.8 Å². The van der Waals surface area contributed by atoms with E-state index in [-0.39, 0.29) is 12.1 Å². The Hall–Kier alpha value is -0.843. The van der Waals surface area contributed by atoms with E-state index < -0.39 is 13.7 Å². The van der Waals surface area contributed by atoms with Gasteiger partial charge in [-0.3, -0.25) is 0 Å². The zero-order valence-electron chi connectivity index (χ0n) is 10.7. The van der Waals surface area contributed by atoms with Crippen LogP contribution in [-0.4, -0.2) is 43.2 Å². The van der Waals surface area contributed by atoms with Gasteiger partial charge in [0.15, 0.2) is 0 Å². The van der Waals surface area contributed by atoms with Crippen molar-refractivity contribution >= 4 is 20.5 Å². The molecule has 1 aliphatic heterocycles. The number of carbonyl (C=O) groups excluding carboxylic acids is 2. The zero-order chi connectivity index (χ0) is 12.6. The average Bonchev–Trinajstić information content (AvgIpc) is 2.38. The Bertz CT molecular complexity index is 296. The largest absolute Gasteiger partial charge is 0.444 e. The number of rotatable bonds is 1. The van der Waals surface area contributed by atoms with Crippen LogP contribution in [0.1, 0.15) is 20.8 Å². The summed E-state index contributed by atoms with van der Waals surface area (Å²) >= 11 is 0. The van der Waals surface area contributed by atoms with E-state index in [1.165, 1.54) is 0 Å². The minimum Gasteiger partial charge on any atom is -0.444 e. The molecule has 4 nitrogen and oxygen atoms in total. The molecule has 16 heavy (non-hydrogen) atoms. The molecule has 92 valence electrons. The highest BCUT2D eigenvalue weighted by Gasteiger charge is 2.42. The summed E-state index contributed by atoms with van der Waals surface area (Å²) in [5.41, 5.74) is -0.501. The number of hydrogen-bond donors (Lipinski definition) is 0. The number of ether oxygens (including phenoxy) is 1. The minimum absolute atomic E-state index is 0.281. The summed E-state index contributed by atoms with van der Waals surface area (Å²) in [6.07, 6.45) is 1.22. The molecule has 0 spiro atoms. The summed E-state index contributed by atoms with van der Waals surface area (Å²) < 4.78 is 5.30. The number of carbonyl (C=O) groups is 2. The summed E-state index contributed by atoms with van der Waals surface area (Å²) in [7, 11) is -1.43. The molecule has 1 aliphatic rings. The summed E-state index contributed by atoms with van der Waals surface area (Å²) in [6.45, 7) is 9.88. The molecule has 0 bridgehead atoms. The molecule has 1 atom stereocenters. The Balaban J connectivity index is 2.72. The second kappa shape index (κ2) is 4.20. The lowest BCUT2D eigenvalue weighted by Gasteiger charge is -2.26. The molecule has 0 aromatic heterocycles. The van der Waals surface area contributed by atoms with Crippen LogP contribution in [0.3, 0.4) is 0 Å². The van der Waals surface area contributed by atoms with Gasteiger partial charge in [-0.15, -0.1) is 0 Å². The molecule has 0 aromatic rings. The topological polar surface area (TPSA) is 46.6 Å². The SMILES string of the molecule is CC(C)(C)OC(=O)N1C[Si](C)(C)CC1C=O. The molecule has 1 fully saturated rings. The van der Waals surface area contributed by atoms with Crippen molar-refractivity contribution in [3.63, 3.8) is 0 Å². The minimum atomic E-state index is -1.43. The van der Waals surface area contributed by atoms with Crippen LogP contribution in [-0.2, 0) is 9.53 Å². The Morgan fingerprint density at radius 1 is 1.44 bits per heavy atom. The third kappa shape index (κ3) is 3.33. The molecule has 0 aliphatic carbocycles. The molecule has 0 radical (unpaired) electrons. The van der Waals surface area contributed by atoms with Crippen LogP contribution in [0.5, 0.6) is 0 Å². The van der Waals surface area contributed by atoms with E-state index in [9.17, 15) is 9.59 Å². The molecule has 0 saturated carbocycles. The van der Waals surface area contributed by atoms with Crippen molar-refractivity contribution in [1.29, 1.82) is 0 Å². The molecule has 1 heterocycles. The second-order valence-electron chi connectivity index (χ2n) is 6.18. The molecule has 1 rings (SSSR count). The molecule has 1 unspecified atom stereocenters. The normalized spacial score (nSPS) is 24.3. The van der Waals surface area contributed by atoms with Crippen LogP contribution in [0, 0.1) is 0 Å². The van der Waals surface area contributed by atoms with Gasteiger partial charge in [-0.25, -0.2) is 4.79 Å². The van der Waals surface area contributed by atoms with E-state index in [0.29, 0.717) is 6.17 Å². The van der Waals surface area contributed by atoms with Gasteiger partial charge in [0.25, 0.3) is 0 Å². The van der Waals surface area contributed by atoms with Gasteiger partial charge in [0, 0.05) is 6.17 Å². The number of nitrogens with zero attached hydrogens (tertiary/aromatic N) is 1. The first-order valence-electron chi connectivity index (χ1n) is 5.59. The lowest BCUT2D eigenvalue weighted by atomic mass is 10.2. The van der Waals surface area contributed by atoms with Gasteiger partial charge in [-0.1, -0.05) is 13.1 Å². The molecule has 0 N–H and O–H groups in total. The maximum absolute atomic E-state index is 11.9. The maximum atomic E-state index is 11.9. The van der Waals surface area contributed by atoms with Gasteiger partial charge < -0.3 is 14.4 Å². The highest BCUT2D eigenvalue weighted by molar-refractivity contribution is 6.78. The van der Waals surface area contributed by atoms with Crippen LogP contribution in [0.15, 0.2) is 0 Å². The van der Waals surface area contributed by atoms with E-state index in [2.05, 4.69) is 13.1 Å². The predicted molar refractivity (Wildman–Crippen MR) is 65.1 cm³/mol. The van der Waals surface area contributed by atoms with Crippen LogP contribution in [0.4, 0.5) is 4.79 Å². The third-order valence-electron chi connectivity index (χ3n) is 2.55. The van der Waals surface area contributed by atoms with Gasteiger partial charge in [0.05, 0.1) is 14.1 Å². The second-order valence-corrected chi connectivity index (χ2v) is 11.2. The number of hydrogen-bond acceptors (Lipinski definition) is 3. The summed E-state index contributed by atoms with van der Waals surface area (Å²) in [4.78, 5) is 24.4. The molecule has 5 heteroatoms. The van der Waals surface area contributed by atoms with E-state index in [4.69, 9.17) is 4.74 Å². The van der Waals surface area contributed by atoms with Crippen molar-refractivity contribution in [2.24, 2.45) is 0 Å². The number of aldehydes is 1. The van der Waals surface area contributed by atoms with E-state index in [0.717, 1.165) is 12.3 Å². The Kier molecular flexibility index (Phi) is 3.47. The maximum Gasteiger partial charge on any atom is 0.410 e. The van der Waals surface area contributed by atoms with Crippen molar-refractivity contribution < 1.29 is 14.3 Å². The van der Waals surface area contributed by atoms with Crippen molar-refractivity contribution in [2.75, 3.05) is 6.17 Å². The van der Waals surface area contributed by atoms with Crippen LogP contribution in [0.2, 0.25) is 19.1 Å². The lowest BCUT2D eigenvalue weighted by molar-refractivity contribution is -0.111. The fraction of sp³-hybridized carbons (Fsp3) is 0.818. The first-order valence-corrected chi connectivity index (χ1v) is 9.01. The quantitative estimate of drug-likeness (QED) is 0.523. The van der Waals surface area contributed by atoms with E-state index in [1.54, 1.807) is 4.90 Å². The van der Waals surface area contributed by atoms with Gasteiger partial charge in [-0.2, -0.15) is 0 Å². The predicted octanol–water partition coefficient (Wildman–Crippen LogP) is 2.05. The van der Waals surface area contributed by atoms with Gasteiger partial charge in [0.1, 0.15) is 11.9 Å². The summed E-state index contributed by atoms with van der Waals surface area (Å²) in [5.74, 6) is 0. The molecular formula is C11H21NO3Si. The molecule has 1 amide bonds. The average molecular weight is 243 g/mol. The first kappa shape index (κ1) is 13.2. The Morgan fingerprint density at radius 3 is 2.44 bits per heavy atom. The van der Waals surface area contributed by atoms with Crippen molar-refractivity contribution in [3.8, 4) is 0 Å². The fourth-order valence-electron chi connectivity index (χ4n) is 1.96. The monoisotopic (exact) mass is 243 g/mol. The van der Waals surface area contributed by atoms with E-state index in [1.807, 2.05) is 20.8 Å². The third-order valence-corrected chi connectivity index (χ3v) is 5.27. The molecule has 1 saturated heterocycles. The van der Waals surface area contributed by atoms with Gasteiger partial charge in [0.2, 0.25) is 0 Å². The van der Waals surface area contributed by atoms with Crippen molar-refractivity contribution in [3.05, 3.63) is 0 Å². The smallest absolute Gasteiger partial charge is 0.410 e. The summed E-state index contributed by atoms with van der Waals surface area (Å²) in [5, 5.41) is 0. The Morgan fingerprint density at radius 2 is 2.00 bits per heavy atom. The number of amides is 1. The van der Waals surface area contributed by atoms with Crippen LogP contribution < -0.4 is 0 Å². The van der Waals surface area contributed by atoms with Crippen LogP contribution in [0.25, 0.3) is 0 Å². The highest BCUT2D eigenvalue weighted by atomic mass is 28.3. The first-order chi connectivity index (χ1) is 7.14. The van der Waals surface area contributed by atoms with Crippen molar-refractivity contribution in [2.45, 2.75) is 51.6 Å². The van der Waals surface area contributed by atoms with Crippen molar-refractivity contribution in [1.82, 2.24) is 4.90 Å². The van der Waals surface area contributed by atoms with Crippen LogP contribution >= 0.6 is 0 Å². The lowest BCUT2D eigenvalue weighted by Crippen LogP contribution is -2.42. The highest BCUT2D eigenvalue weighted by Crippen LogP contribution is 2.27. The molecular weight excluding hydrogens is 222 g/mol. The standard InChI is InChI=1S/C11H21NO3Si/c1-11(2,3)15-10(14)12-8-16(4,5)7-9(12)6-13/h6,9H,7-8H2,1-5H3.